The van der Waals surface area contributed by atoms with Crippen molar-refractivity contribution in [2.24, 2.45) is 0 Å². The molecule has 0 aliphatic heterocycles. The molecule has 3 nitrogen and oxygen atoms in total. The van der Waals surface area contributed by atoms with E-state index in [2.05, 4.69) is 63.3 Å². The standard InChI is InChI=1S/C32H40N2OSi/c1-23(2)36(24(3)4,25(5)6)22-20-27-17-14-18-28(26-15-10-9-11-16-26)30(27)31(35)34-32(7,8)29-19-12-13-21-33-29/h9-19,21,23-25H,1-8H3,(H,34,35). The maximum atomic E-state index is 14.0. The maximum absolute atomic E-state index is 14.0. The molecule has 0 radical (unpaired) electrons. The first-order chi connectivity index (χ1) is 17.0. The molecule has 3 rings (SSSR count). The minimum absolute atomic E-state index is 0.139. The highest BCUT2D eigenvalue weighted by Gasteiger charge is 2.41. The van der Waals surface area contributed by atoms with E-state index in [1.54, 1.807) is 6.20 Å². The number of hydrogen-bond acceptors (Lipinski definition) is 2. The van der Waals surface area contributed by atoms with Crippen molar-refractivity contribution in [3.8, 4) is 22.6 Å². The highest BCUT2D eigenvalue weighted by molar-refractivity contribution is 6.90. The van der Waals surface area contributed by atoms with E-state index < -0.39 is 13.6 Å². The molecule has 1 heterocycles. The number of nitrogens with one attached hydrogen (secondary N) is 1. The van der Waals surface area contributed by atoms with E-state index in [0.29, 0.717) is 22.2 Å². The Kier molecular flexibility index (Phi) is 8.58. The summed E-state index contributed by atoms with van der Waals surface area (Å²) in [6.07, 6.45) is 1.76. The highest BCUT2D eigenvalue weighted by Crippen LogP contribution is 2.41. The van der Waals surface area contributed by atoms with Gasteiger partial charge in [-0.05, 0) is 59.8 Å². The molecule has 0 fully saturated rings. The van der Waals surface area contributed by atoms with Crippen LogP contribution in [0, 0.1) is 11.5 Å². The van der Waals surface area contributed by atoms with Gasteiger partial charge in [-0.15, -0.1) is 5.54 Å². The van der Waals surface area contributed by atoms with E-state index in [1.807, 2.05) is 80.6 Å². The molecule has 1 N–H and O–H groups in total. The SMILES string of the molecule is CC(C)[Si](C#Cc1cccc(-c2ccccc2)c1C(=O)NC(C)(C)c1ccccn1)(C(C)C)C(C)C. The van der Waals surface area contributed by atoms with Crippen LogP contribution < -0.4 is 5.32 Å². The Hall–Kier alpha value is -3.16. The first-order valence-electron chi connectivity index (χ1n) is 13.0. The summed E-state index contributed by atoms with van der Waals surface area (Å²) in [5.74, 6) is 3.41. The lowest BCUT2D eigenvalue weighted by Gasteiger charge is -2.38. The molecule has 0 saturated heterocycles. The molecule has 1 amide bonds. The van der Waals surface area contributed by atoms with Gasteiger partial charge in [0.2, 0.25) is 0 Å². The summed E-state index contributed by atoms with van der Waals surface area (Å²) in [7, 11) is -1.97. The molecule has 36 heavy (non-hydrogen) atoms. The molecule has 0 spiro atoms. The third-order valence-corrected chi connectivity index (χ3v) is 13.7. The number of aromatic nitrogens is 1. The van der Waals surface area contributed by atoms with Gasteiger partial charge in [0.1, 0.15) is 8.07 Å². The summed E-state index contributed by atoms with van der Waals surface area (Å²) in [5, 5.41) is 3.25. The zero-order valence-electron chi connectivity index (χ0n) is 23.0. The van der Waals surface area contributed by atoms with E-state index in [4.69, 9.17) is 0 Å². The molecule has 0 aliphatic carbocycles. The molecule has 1 aromatic heterocycles. The van der Waals surface area contributed by atoms with E-state index in [1.165, 1.54) is 0 Å². The first kappa shape index (κ1) is 27.4. The number of hydrogen-bond donors (Lipinski definition) is 1. The van der Waals surface area contributed by atoms with Crippen LogP contribution in [0.5, 0.6) is 0 Å². The van der Waals surface area contributed by atoms with Gasteiger partial charge in [0.05, 0.1) is 16.8 Å². The van der Waals surface area contributed by atoms with E-state index in [-0.39, 0.29) is 5.91 Å². The Bertz CT molecular complexity index is 1210. The molecule has 0 unspecified atom stereocenters. The third kappa shape index (κ3) is 5.63. The molecule has 0 aliphatic rings. The zero-order chi connectivity index (χ0) is 26.5. The van der Waals surface area contributed by atoms with Crippen molar-refractivity contribution in [1.82, 2.24) is 10.3 Å². The van der Waals surface area contributed by atoms with Crippen LogP contribution in [-0.2, 0) is 5.54 Å². The molecule has 0 saturated carbocycles. The summed E-state index contributed by atoms with van der Waals surface area (Å²) >= 11 is 0. The van der Waals surface area contributed by atoms with Crippen LogP contribution in [0.3, 0.4) is 0 Å². The average molecular weight is 497 g/mol. The van der Waals surface area contributed by atoms with Crippen molar-refractivity contribution >= 4 is 14.0 Å². The average Bonchev–Trinajstić information content (AvgIpc) is 2.84. The van der Waals surface area contributed by atoms with Gasteiger partial charge < -0.3 is 5.32 Å². The van der Waals surface area contributed by atoms with Crippen molar-refractivity contribution in [3.05, 3.63) is 89.7 Å². The smallest absolute Gasteiger partial charge is 0.253 e. The molecular formula is C32H40N2OSi. The predicted octanol–water partition coefficient (Wildman–Crippen LogP) is 7.98. The fraction of sp³-hybridized carbons (Fsp3) is 0.375. The van der Waals surface area contributed by atoms with Crippen molar-refractivity contribution in [2.75, 3.05) is 0 Å². The first-order valence-corrected chi connectivity index (χ1v) is 15.2. The second kappa shape index (κ2) is 11.3. The third-order valence-electron chi connectivity index (χ3n) is 7.39. The lowest BCUT2D eigenvalue weighted by Crippen LogP contribution is -2.43. The fourth-order valence-electron chi connectivity index (χ4n) is 5.51. The van der Waals surface area contributed by atoms with Crippen LogP contribution >= 0.6 is 0 Å². The van der Waals surface area contributed by atoms with Crippen molar-refractivity contribution in [1.29, 1.82) is 0 Å². The largest absolute Gasteiger partial charge is 0.341 e. The minimum atomic E-state index is -1.97. The summed E-state index contributed by atoms with van der Waals surface area (Å²) in [5.41, 5.74) is 8.84. The maximum Gasteiger partial charge on any atom is 0.253 e. The molecule has 4 heteroatoms. The molecule has 0 bridgehead atoms. The highest BCUT2D eigenvalue weighted by atomic mass is 28.3. The van der Waals surface area contributed by atoms with Crippen LogP contribution in [-0.4, -0.2) is 19.0 Å². The normalized spacial score (nSPS) is 12.0. The van der Waals surface area contributed by atoms with Crippen molar-refractivity contribution < 1.29 is 4.79 Å². The lowest BCUT2D eigenvalue weighted by atomic mass is 9.93. The summed E-state index contributed by atoms with van der Waals surface area (Å²) in [4.78, 5) is 18.5. The number of pyridine rings is 1. The Balaban J connectivity index is 2.19. The molecule has 2 aromatic carbocycles. The predicted molar refractivity (Wildman–Crippen MR) is 155 cm³/mol. The van der Waals surface area contributed by atoms with Gasteiger partial charge in [0, 0.05) is 11.8 Å². The Morgan fingerprint density at radius 2 is 1.44 bits per heavy atom. The number of nitrogens with zero attached hydrogens (tertiary/aromatic N) is 1. The Morgan fingerprint density at radius 1 is 0.833 bits per heavy atom. The van der Waals surface area contributed by atoms with Gasteiger partial charge in [-0.2, -0.15) is 0 Å². The lowest BCUT2D eigenvalue weighted by molar-refractivity contribution is 0.0911. The van der Waals surface area contributed by atoms with Gasteiger partial charge in [0.25, 0.3) is 5.91 Å². The van der Waals surface area contributed by atoms with Gasteiger partial charge in [-0.3, -0.25) is 9.78 Å². The molecular weight excluding hydrogens is 456 g/mol. The number of rotatable bonds is 7. The second-order valence-electron chi connectivity index (χ2n) is 11.0. The van der Waals surface area contributed by atoms with E-state index in [0.717, 1.165) is 22.4 Å². The number of amides is 1. The van der Waals surface area contributed by atoms with Gasteiger partial charge >= 0.3 is 0 Å². The van der Waals surface area contributed by atoms with E-state index in [9.17, 15) is 4.79 Å². The number of benzene rings is 2. The van der Waals surface area contributed by atoms with Crippen LogP contribution in [0.25, 0.3) is 11.1 Å². The van der Waals surface area contributed by atoms with Gasteiger partial charge in [-0.1, -0.05) is 96.0 Å². The topological polar surface area (TPSA) is 42.0 Å². The van der Waals surface area contributed by atoms with Crippen LogP contribution in [0.1, 0.15) is 77.0 Å². The Morgan fingerprint density at radius 3 is 2.00 bits per heavy atom. The van der Waals surface area contributed by atoms with Crippen LogP contribution in [0.2, 0.25) is 16.6 Å². The molecule has 3 aromatic rings. The number of carbonyl (C=O) groups excluding carboxylic acids is 1. The minimum Gasteiger partial charge on any atom is -0.341 e. The van der Waals surface area contributed by atoms with Gasteiger partial charge in [0.15, 0.2) is 0 Å². The van der Waals surface area contributed by atoms with Crippen LogP contribution in [0.15, 0.2) is 72.9 Å². The van der Waals surface area contributed by atoms with Crippen molar-refractivity contribution in [2.45, 2.75) is 77.6 Å². The van der Waals surface area contributed by atoms with Crippen LogP contribution in [0.4, 0.5) is 0 Å². The summed E-state index contributed by atoms with van der Waals surface area (Å²) in [6.45, 7) is 17.8. The second-order valence-corrected chi connectivity index (χ2v) is 16.6. The monoisotopic (exact) mass is 496 g/mol. The molecule has 188 valence electrons. The van der Waals surface area contributed by atoms with Crippen molar-refractivity contribution in [3.63, 3.8) is 0 Å². The summed E-state index contributed by atoms with van der Waals surface area (Å²) in [6, 6.07) is 21.9. The van der Waals surface area contributed by atoms with E-state index >= 15 is 0 Å². The fourth-order valence-corrected chi connectivity index (χ4v) is 10.7. The summed E-state index contributed by atoms with van der Waals surface area (Å²) < 4.78 is 0. The van der Waals surface area contributed by atoms with Gasteiger partial charge in [-0.25, -0.2) is 0 Å². The quantitative estimate of drug-likeness (QED) is 0.266. The zero-order valence-corrected chi connectivity index (χ0v) is 24.0. The molecule has 0 atom stereocenters. The Labute approximate surface area is 218 Å². The number of carbonyl (C=O) groups is 1.